The van der Waals surface area contributed by atoms with Gasteiger partial charge in [-0.2, -0.15) is 0 Å². The van der Waals surface area contributed by atoms with Crippen molar-refractivity contribution >= 4 is 35.2 Å². The first kappa shape index (κ1) is 14.5. The molecular formula is C9H17Cl2N3O. The number of rotatable bonds is 3. The Hall–Kier alpha value is -0.480. The van der Waals surface area contributed by atoms with E-state index < -0.39 is 0 Å². The van der Waals surface area contributed by atoms with Gasteiger partial charge in [0, 0.05) is 12.5 Å². The van der Waals surface area contributed by atoms with Crippen molar-refractivity contribution in [2.75, 3.05) is 6.54 Å². The quantitative estimate of drug-likeness (QED) is 0.452. The average Bonchev–Trinajstić information content (AvgIpc) is 2.15. The molecular weight excluding hydrogens is 237 g/mol. The maximum absolute atomic E-state index is 10.9. The topological polar surface area (TPSA) is 81.5 Å². The molecule has 0 aromatic rings. The van der Waals surface area contributed by atoms with E-state index in [2.05, 4.69) is 4.99 Å². The Balaban J connectivity index is 0.00000196. The highest BCUT2D eigenvalue weighted by Crippen LogP contribution is 2.30. The summed E-state index contributed by atoms with van der Waals surface area (Å²) in [6.07, 6.45) is 3.71. The fourth-order valence-corrected chi connectivity index (χ4v) is 2.02. The van der Waals surface area contributed by atoms with Gasteiger partial charge in [0.15, 0.2) is 5.96 Å². The Labute approximate surface area is 101 Å². The fraction of sp³-hybridized carbons (Fsp3) is 0.778. The standard InChI is InChI=1S/C9H16ClN3O.ClH/c10-8(14)7-3-1-6(2-4-7)5-13-9(11)12;/h6-7H,1-5H2,(H4,11,12,13);1H. The number of nitrogens with two attached hydrogens (primary N) is 2. The molecule has 1 aliphatic carbocycles. The molecule has 0 radical (unpaired) electrons. The van der Waals surface area contributed by atoms with E-state index in [1.165, 1.54) is 0 Å². The summed E-state index contributed by atoms with van der Waals surface area (Å²) in [7, 11) is 0. The van der Waals surface area contributed by atoms with Crippen LogP contribution in [0.1, 0.15) is 25.7 Å². The third-order valence-corrected chi connectivity index (χ3v) is 3.01. The lowest BCUT2D eigenvalue weighted by atomic mass is 9.83. The van der Waals surface area contributed by atoms with E-state index in [0.29, 0.717) is 12.5 Å². The summed E-state index contributed by atoms with van der Waals surface area (Å²) in [4.78, 5) is 14.8. The molecule has 0 amide bonds. The molecule has 0 spiro atoms. The second-order valence-electron chi connectivity index (χ2n) is 3.79. The highest BCUT2D eigenvalue weighted by Gasteiger charge is 2.24. The maximum Gasteiger partial charge on any atom is 0.224 e. The summed E-state index contributed by atoms with van der Waals surface area (Å²) in [5.74, 6) is 0.692. The van der Waals surface area contributed by atoms with Gasteiger partial charge < -0.3 is 11.5 Å². The zero-order valence-electron chi connectivity index (χ0n) is 8.49. The molecule has 1 aliphatic rings. The molecule has 4 nitrogen and oxygen atoms in total. The van der Waals surface area contributed by atoms with Crippen LogP contribution in [0.5, 0.6) is 0 Å². The van der Waals surface area contributed by atoms with Gasteiger partial charge >= 0.3 is 0 Å². The molecule has 0 aliphatic heterocycles. The Morgan fingerprint density at radius 3 is 2.20 bits per heavy atom. The molecule has 1 rings (SSSR count). The number of aliphatic imine (C=N–C) groups is 1. The molecule has 0 aromatic carbocycles. The van der Waals surface area contributed by atoms with Crippen molar-refractivity contribution in [2.45, 2.75) is 25.7 Å². The van der Waals surface area contributed by atoms with Gasteiger partial charge in [0.2, 0.25) is 5.24 Å². The maximum atomic E-state index is 10.9. The molecule has 0 aromatic heterocycles. The molecule has 0 heterocycles. The van der Waals surface area contributed by atoms with Crippen molar-refractivity contribution in [3.63, 3.8) is 0 Å². The van der Waals surface area contributed by atoms with Gasteiger partial charge in [0.25, 0.3) is 0 Å². The third-order valence-electron chi connectivity index (χ3n) is 2.70. The van der Waals surface area contributed by atoms with Gasteiger partial charge in [0.1, 0.15) is 0 Å². The molecule has 1 fully saturated rings. The lowest BCUT2D eigenvalue weighted by molar-refractivity contribution is -0.116. The lowest BCUT2D eigenvalue weighted by Crippen LogP contribution is -2.25. The Morgan fingerprint density at radius 2 is 1.80 bits per heavy atom. The van der Waals surface area contributed by atoms with Crippen LogP contribution >= 0.6 is 24.0 Å². The zero-order valence-corrected chi connectivity index (χ0v) is 10.1. The molecule has 0 saturated heterocycles. The van der Waals surface area contributed by atoms with Crippen molar-refractivity contribution in [3.05, 3.63) is 0 Å². The van der Waals surface area contributed by atoms with Gasteiger partial charge in [-0.3, -0.25) is 9.79 Å². The minimum absolute atomic E-state index is 0. The first-order valence-corrected chi connectivity index (χ1v) is 5.22. The van der Waals surface area contributed by atoms with Crippen molar-refractivity contribution in [1.29, 1.82) is 0 Å². The monoisotopic (exact) mass is 253 g/mol. The molecule has 15 heavy (non-hydrogen) atoms. The van der Waals surface area contributed by atoms with E-state index >= 15 is 0 Å². The number of halogens is 2. The molecule has 0 bridgehead atoms. The number of nitrogens with zero attached hydrogens (tertiary/aromatic N) is 1. The summed E-state index contributed by atoms with van der Waals surface area (Å²) in [5, 5.41) is -0.203. The highest BCUT2D eigenvalue weighted by atomic mass is 35.5. The van der Waals surface area contributed by atoms with E-state index in [1.54, 1.807) is 0 Å². The largest absolute Gasteiger partial charge is 0.370 e. The third kappa shape index (κ3) is 5.23. The minimum Gasteiger partial charge on any atom is -0.370 e. The zero-order chi connectivity index (χ0) is 10.6. The number of hydrogen-bond acceptors (Lipinski definition) is 2. The normalized spacial score (nSPS) is 25.1. The second kappa shape index (κ2) is 6.90. The summed E-state index contributed by atoms with van der Waals surface area (Å²) in [6, 6.07) is 0. The van der Waals surface area contributed by atoms with Gasteiger partial charge in [0.05, 0.1) is 0 Å². The molecule has 88 valence electrons. The predicted octanol–water partition coefficient (Wildman–Crippen LogP) is 1.25. The van der Waals surface area contributed by atoms with E-state index in [-0.39, 0.29) is 29.5 Å². The van der Waals surface area contributed by atoms with Crippen molar-refractivity contribution < 1.29 is 4.79 Å². The average molecular weight is 254 g/mol. The molecule has 4 N–H and O–H groups in total. The van der Waals surface area contributed by atoms with Crippen LogP contribution in [-0.4, -0.2) is 17.7 Å². The van der Waals surface area contributed by atoms with Crippen LogP contribution in [0.25, 0.3) is 0 Å². The highest BCUT2D eigenvalue weighted by molar-refractivity contribution is 6.63. The first-order valence-electron chi connectivity index (χ1n) is 4.84. The van der Waals surface area contributed by atoms with Crippen molar-refractivity contribution in [1.82, 2.24) is 0 Å². The number of hydrogen-bond donors (Lipinski definition) is 2. The summed E-state index contributed by atoms with van der Waals surface area (Å²) in [5.41, 5.74) is 10.5. The predicted molar refractivity (Wildman–Crippen MR) is 64.2 cm³/mol. The summed E-state index contributed by atoms with van der Waals surface area (Å²) < 4.78 is 0. The van der Waals surface area contributed by atoms with Gasteiger partial charge in [-0.15, -0.1) is 12.4 Å². The van der Waals surface area contributed by atoms with Crippen LogP contribution < -0.4 is 11.5 Å². The van der Waals surface area contributed by atoms with Crippen molar-refractivity contribution in [2.24, 2.45) is 28.3 Å². The van der Waals surface area contributed by atoms with Crippen molar-refractivity contribution in [3.8, 4) is 0 Å². The molecule has 0 atom stereocenters. The Kier molecular flexibility index (Phi) is 6.68. The molecule has 0 unspecified atom stereocenters. The number of carbonyl (C=O) groups excluding carboxylic acids is 1. The summed E-state index contributed by atoms with van der Waals surface area (Å²) in [6.45, 7) is 0.672. The van der Waals surface area contributed by atoms with Crippen LogP contribution in [-0.2, 0) is 4.79 Å². The first-order chi connectivity index (χ1) is 6.59. The smallest absolute Gasteiger partial charge is 0.224 e. The lowest BCUT2D eigenvalue weighted by Gasteiger charge is -2.24. The SMILES string of the molecule is Cl.NC(N)=NCC1CCC(C(=O)Cl)CC1. The van der Waals surface area contributed by atoms with Crippen LogP contribution in [0.2, 0.25) is 0 Å². The van der Waals surface area contributed by atoms with Gasteiger partial charge in [-0.05, 0) is 43.2 Å². The Bertz CT molecular complexity index is 234. The molecule has 6 heteroatoms. The number of guanidine groups is 1. The van der Waals surface area contributed by atoms with Crippen LogP contribution in [0.3, 0.4) is 0 Å². The van der Waals surface area contributed by atoms with Crippen LogP contribution in [0.15, 0.2) is 4.99 Å². The summed E-state index contributed by atoms with van der Waals surface area (Å²) >= 11 is 5.43. The van der Waals surface area contributed by atoms with E-state index in [4.69, 9.17) is 23.1 Å². The fourth-order valence-electron chi connectivity index (χ4n) is 1.81. The van der Waals surface area contributed by atoms with E-state index in [9.17, 15) is 4.79 Å². The Morgan fingerprint density at radius 1 is 1.27 bits per heavy atom. The van der Waals surface area contributed by atoms with Gasteiger partial charge in [-0.25, -0.2) is 0 Å². The second-order valence-corrected chi connectivity index (χ2v) is 4.16. The van der Waals surface area contributed by atoms with Gasteiger partial charge in [-0.1, -0.05) is 0 Å². The van der Waals surface area contributed by atoms with Crippen LogP contribution in [0.4, 0.5) is 0 Å². The van der Waals surface area contributed by atoms with E-state index in [1.807, 2.05) is 0 Å². The van der Waals surface area contributed by atoms with Crippen LogP contribution in [0, 0.1) is 11.8 Å². The minimum atomic E-state index is -0.203. The van der Waals surface area contributed by atoms with E-state index in [0.717, 1.165) is 25.7 Å². The number of carbonyl (C=O) groups is 1. The molecule has 1 saturated carbocycles.